The highest BCUT2D eigenvalue weighted by molar-refractivity contribution is 7.11. The molecule has 1 spiro atoms. The first-order chi connectivity index (χ1) is 6.80. The van der Waals surface area contributed by atoms with Crippen LogP contribution in [0.2, 0.25) is 0 Å². The van der Waals surface area contributed by atoms with Crippen LogP contribution in [-0.4, -0.2) is 16.9 Å². The highest BCUT2D eigenvalue weighted by Gasteiger charge is 2.58. The van der Waals surface area contributed by atoms with Crippen LogP contribution in [0.25, 0.3) is 0 Å². The van der Waals surface area contributed by atoms with Gasteiger partial charge in [0, 0.05) is 6.04 Å². The summed E-state index contributed by atoms with van der Waals surface area (Å²) in [7, 11) is 0. The summed E-state index contributed by atoms with van der Waals surface area (Å²) < 4.78 is 0. The van der Waals surface area contributed by atoms with Crippen LogP contribution < -0.4 is 5.32 Å². The van der Waals surface area contributed by atoms with Crippen molar-refractivity contribution in [2.45, 2.75) is 31.7 Å². The van der Waals surface area contributed by atoms with E-state index in [1.165, 1.54) is 37.0 Å². The predicted octanol–water partition coefficient (Wildman–Crippen LogP) is 1.82. The van der Waals surface area contributed by atoms with E-state index in [-0.39, 0.29) is 5.91 Å². The summed E-state index contributed by atoms with van der Waals surface area (Å²) in [6, 6.07) is 0.450. The van der Waals surface area contributed by atoms with E-state index in [9.17, 15) is 4.79 Å². The van der Waals surface area contributed by atoms with Gasteiger partial charge in [0.25, 0.3) is 5.91 Å². The van der Waals surface area contributed by atoms with Crippen LogP contribution in [0.1, 0.15) is 35.4 Å². The number of carbonyl (C=O) groups excluding carboxylic acids is 1. The zero-order valence-corrected chi connectivity index (χ0v) is 8.64. The van der Waals surface area contributed by atoms with E-state index < -0.39 is 0 Å². The Bertz CT molecular complexity index is 356. The second-order valence-corrected chi connectivity index (χ2v) is 5.20. The average Bonchev–Trinajstić information content (AvgIpc) is 2.61. The molecule has 1 aromatic heterocycles. The van der Waals surface area contributed by atoms with Gasteiger partial charge in [0.15, 0.2) is 0 Å². The molecule has 2 fully saturated rings. The van der Waals surface area contributed by atoms with Crippen molar-refractivity contribution in [3.05, 3.63) is 16.6 Å². The fourth-order valence-corrected chi connectivity index (χ4v) is 2.82. The van der Waals surface area contributed by atoms with E-state index in [1.54, 1.807) is 11.7 Å². The molecule has 74 valence electrons. The molecule has 1 atom stereocenters. The monoisotopic (exact) mass is 208 g/mol. The average molecular weight is 208 g/mol. The topological polar surface area (TPSA) is 42.0 Å². The van der Waals surface area contributed by atoms with E-state index in [1.807, 2.05) is 0 Å². The minimum absolute atomic E-state index is 0.0567. The standard InChI is InChI=1S/C10H12N2OS/c13-9(7-5-11-6-14-7)12-8-4-10(8)2-1-3-10/h5-6,8H,1-4H2,(H,12,13). The third-order valence-corrected chi connectivity index (χ3v) is 4.27. The van der Waals surface area contributed by atoms with Crippen LogP contribution in [0.15, 0.2) is 11.7 Å². The summed E-state index contributed by atoms with van der Waals surface area (Å²) in [5.74, 6) is 0.0567. The Balaban J connectivity index is 1.61. The van der Waals surface area contributed by atoms with E-state index in [0.29, 0.717) is 11.5 Å². The Labute approximate surface area is 86.5 Å². The first kappa shape index (κ1) is 8.41. The van der Waals surface area contributed by atoms with Crippen LogP contribution in [0, 0.1) is 5.41 Å². The fourth-order valence-electron chi connectivity index (χ4n) is 2.29. The fraction of sp³-hybridized carbons (Fsp3) is 0.600. The molecule has 0 bridgehead atoms. The molecule has 2 saturated carbocycles. The van der Waals surface area contributed by atoms with Gasteiger partial charge in [0.05, 0.1) is 11.7 Å². The SMILES string of the molecule is O=C(NC1CC12CCC2)c1cncs1. The first-order valence-electron chi connectivity index (χ1n) is 5.00. The maximum atomic E-state index is 11.6. The Kier molecular flexibility index (Phi) is 1.68. The van der Waals surface area contributed by atoms with Crippen LogP contribution in [-0.2, 0) is 0 Å². The lowest BCUT2D eigenvalue weighted by Gasteiger charge is -2.26. The summed E-state index contributed by atoms with van der Waals surface area (Å²) in [5.41, 5.74) is 2.21. The van der Waals surface area contributed by atoms with E-state index in [0.717, 1.165) is 4.88 Å². The predicted molar refractivity (Wildman–Crippen MR) is 54.3 cm³/mol. The molecule has 1 amide bonds. The number of nitrogens with zero attached hydrogens (tertiary/aromatic N) is 1. The van der Waals surface area contributed by atoms with Crippen molar-refractivity contribution >= 4 is 17.2 Å². The van der Waals surface area contributed by atoms with Crippen molar-refractivity contribution in [1.82, 2.24) is 10.3 Å². The van der Waals surface area contributed by atoms with Gasteiger partial charge in [-0.1, -0.05) is 6.42 Å². The lowest BCUT2D eigenvalue weighted by molar-refractivity contribution is 0.0942. The third kappa shape index (κ3) is 1.17. The quantitative estimate of drug-likeness (QED) is 0.805. The molecule has 1 aromatic rings. The Morgan fingerprint density at radius 3 is 3.00 bits per heavy atom. The van der Waals surface area contributed by atoms with Crippen molar-refractivity contribution in [2.24, 2.45) is 5.41 Å². The largest absolute Gasteiger partial charge is 0.348 e. The van der Waals surface area contributed by atoms with Crippen molar-refractivity contribution in [2.75, 3.05) is 0 Å². The van der Waals surface area contributed by atoms with Gasteiger partial charge < -0.3 is 5.32 Å². The third-order valence-electron chi connectivity index (χ3n) is 3.50. The molecule has 0 saturated heterocycles. The molecule has 3 nitrogen and oxygen atoms in total. The summed E-state index contributed by atoms with van der Waals surface area (Å²) in [5, 5.41) is 3.08. The van der Waals surface area contributed by atoms with Crippen LogP contribution in [0.4, 0.5) is 0 Å². The number of carbonyl (C=O) groups is 1. The number of thiazole rings is 1. The van der Waals surface area contributed by atoms with Gasteiger partial charge in [-0.05, 0) is 24.7 Å². The van der Waals surface area contributed by atoms with Gasteiger partial charge in [-0.3, -0.25) is 9.78 Å². The van der Waals surface area contributed by atoms with E-state index in [4.69, 9.17) is 0 Å². The van der Waals surface area contributed by atoms with Crippen LogP contribution >= 0.6 is 11.3 Å². The number of nitrogens with one attached hydrogen (secondary N) is 1. The summed E-state index contributed by atoms with van der Waals surface area (Å²) >= 11 is 1.40. The molecule has 1 unspecified atom stereocenters. The molecule has 2 aliphatic rings. The van der Waals surface area contributed by atoms with Crippen molar-refractivity contribution in [3.63, 3.8) is 0 Å². The minimum atomic E-state index is 0.0567. The molecule has 0 aromatic carbocycles. The molecule has 1 heterocycles. The van der Waals surface area contributed by atoms with Crippen LogP contribution in [0.5, 0.6) is 0 Å². The molecule has 0 aliphatic heterocycles. The van der Waals surface area contributed by atoms with Gasteiger partial charge >= 0.3 is 0 Å². The zero-order valence-electron chi connectivity index (χ0n) is 7.82. The van der Waals surface area contributed by atoms with Gasteiger partial charge in [-0.15, -0.1) is 11.3 Å². The summed E-state index contributed by atoms with van der Waals surface area (Å²) in [6.45, 7) is 0. The normalized spacial score (nSPS) is 27.0. The number of amides is 1. The molecule has 4 heteroatoms. The van der Waals surface area contributed by atoms with Gasteiger partial charge in [0.2, 0.25) is 0 Å². The zero-order chi connectivity index (χ0) is 9.60. The van der Waals surface area contributed by atoms with E-state index in [2.05, 4.69) is 10.3 Å². The lowest BCUT2D eigenvalue weighted by Crippen LogP contribution is -2.31. The second-order valence-electron chi connectivity index (χ2n) is 4.31. The molecule has 14 heavy (non-hydrogen) atoms. The smallest absolute Gasteiger partial charge is 0.263 e. The number of aromatic nitrogens is 1. The molecule has 0 radical (unpaired) electrons. The number of hydrogen-bond donors (Lipinski definition) is 1. The van der Waals surface area contributed by atoms with Crippen LogP contribution in [0.3, 0.4) is 0 Å². The maximum absolute atomic E-state index is 11.6. The Hall–Kier alpha value is -0.900. The van der Waals surface area contributed by atoms with Crippen molar-refractivity contribution < 1.29 is 4.79 Å². The molecule has 2 aliphatic carbocycles. The number of hydrogen-bond acceptors (Lipinski definition) is 3. The highest BCUT2D eigenvalue weighted by atomic mass is 32.1. The molecule has 1 N–H and O–H groups in total. The molecule has 3 rings (SSSR count). The lowest BCUT2D eigenvalue weighted by atomic mass is 9.81. The van der Waals surface area contributed by atoms with Gasteiger partial charge in [-0.25, -0.2) is 0 Å². The van der Waals surface area contributed by atoms with Gasteiger partial charge in [-0.2, -0.15) is 0 Å². The maximum Gasteiger partial charge on any atom is 0.263 e. The summed E-state index contributed by atoms with van der Waals surface area (Å²) in [4.78, 5) is 16.3. The van der Waals surface area contributed by atoms with Crippen molar-refractivity contribution in [1.29, 1.82) is 0 Å². The Morgan fingerprint density at radius 1 is 1.64 bits per heavy atom. The minimum Gasteiger partial charge on any atom is -0.348 e. The molecular formula is C10H12N2OS. The summed E-state index contributed by atoms with van der Waals surface area (Å²) in [6.07, 6.45) is 6.78. The number of rotatable bonds is 2. The van der Waals surface area contributed by atoms with Crippen molar-refractivity contribution in [3.8, 4) is 0 Å². The second kappa shape index (κ2) is 2.79. The first-order valence-corrected chi connectivity index (χ1v) is 5.87. The van der Waals surface area contributed by atoms with E-state index >= 15 is 0 Å². The Morgan fingerprint density at radius 2 is 2.50 bits per heavy atom. The molecular weight excluding hydrogens is 196 g/mol. The van der Waals surface area contributed by atoms with Gasteiger partial charge in [0.1, 0.15) is 4.88 Å². The highest BCUT2D eigenvalue weighted by Crippen LogP contribution is 2.60.